The maximum absolute atomic E-state index is 12.7. The van der Waals surface area contributed by atoms with Gasteiger partial charge in [0.05, 0.1) is 12.6 Å². The number of likely N-dealkylation sites (tertiary alicyclic amines) is 1. The van der Waals surface area contributed by atoms with Crippen LogP contribution in [0.15, 0.2) is 46.3 Å². The number of thiophene rings is 1. The maximum Gasteiger partial charge on any atom is 0.227 e. The van der Waals surface area contributed by atoms with Gasteiger partial charge in [-0.25, -0.2) is 0 Å². The second kappa shape index (κ2) is 8.56. The number of aryl methyl sites for hydroxylation is 1. The van der Waals surface area contributed by atoms with Gasteiger partial charge < -0.3 is 14.2 Å². The van der Waals surface area contributed by atoms with Gasteiger partial charge in [0.1, 0.15) is 5.75 Å². The molecule has 0 aliphatic carbocycles. The fraction of sp³-hybridized carbons (Fsp3) is 0.381. The molecule has 0 bridgehead atoms. The Morgan fingerprint density at radius 3 is 2.93 bits per heavy atom. The first-order chi connectivity index (χ1) is 13.7. The average Bonchev–Trinajstić information content (AvgIpc) is 3.48. The molecule has 1 aliphatic heterocycles. The van der Waals surface area contributed by atoms with E-state index >= 15 is 0 Å². The van der Waals surface area contributed by atoms with E-state index in [1.165, 1.54) is 4.88 Å². The number of amides is 1. The second-order valence-electron chi connectivity index (χ2n) is 6.73. The normalized spacial score (nSPS) is 16.5. The lowest BCUT2D eigenvalue weighted by atomic mass is 10.1. The summed E-state index contributed by atoms with van der Waals surface area (Å²) in [6, 6.07) is 12.0. The first kappa shape index (κ1) is 18.7. The molecule has 4 rings (SSSR count). The largest absolute Gasteiger partial charge is 0.494 e. The van der Waals surface area contributed by atoms with Crippen LogP contribution >= 0.6 is 11.3 Å². The number of carbonyl (C=O) groups excluding carboxylic acids is 1. The molecule has 2 aromatic heterocycles. The molecule has 146 valence electrons. The van der Waals surface area contributed by atoms with E-state index in [9.17, 15) is 4.79 Å². The summed E-state index contributed by atoms with van der Waals surface area (Å²) in [5.41, 5.74) is 0.863. The molecular formula is C21H23N3O3S. The average molecular weight is 398 g/mol. The van der Waals surface area contributed by atoms with Gasteiger partial charge in [0.25, 0.3) is 0 Å². The number of rotatable bonds is 7. The third kappa shape index (κ3) is 4.09. The predicted octanol–water partition coefficient (Wildman–Crippen LogP) is 4.49. The van der Waals surface area contributed by atoms with Crippen molar-refractivity contribution >= 4 is 17.2 Å². The summed E-state index contributed by atoms with van der Waals surface area (Å²) in [4.78, 5) is 20.4. The standard InChI is InChI=1S/C21H23N3O3S/c1-2-26-16-9-7-15(8-10-16)21-22-19(27-23-21)11-12-20(25)24-13-3-5-17(24)18-6-4-14-28-18/h4,6-10,14,17H,2-3,5,11-13H2,1H3. The highest BCUT2D eigenvalue weighted by Gasteiger charge is 2.30. The summed E-state index contributed by atoms with van der Waals surface area (Å²) in [5, 5.41) is 6.11. The highest BCUT2D eigenvalue weighted by molar-refractivity contribution is 7.10. The number of nitrogens with zero attached hydrogens (tertiary/aromatic N) is 3. The van der Waals surface area contributed by atoms with E-state index in [2.05, 4.69) is 21.6 Å². The quantitative estimate of drug-likeness (QED) is 0.587. The van der Waals surface area contributed by atoms with E-state index in [0.717, 1.165) is 30.7 Å². The minimum absolute atomic E-state index is 0.150. The highest BCUT2D eigenvalue weighted by atomic mass is 32.1. The van der Waals surface area contributed by atoms with E-state index in [-0.39, 0.29) is 11.9 Å². The van der Waals surface area contributed by atoms with Crippen molar-refractivity contribution in [3.63, 3.8) is 0 Å². The minimum Gasteiger partial charge on any atom is -0.494 e. The Bertz CT molecular complexity index is 905. The molecule has 1 unspecified atom stereocenters. The van der Waals surface area contributed by atoms with Gasteiger partial charge in [0.2, 0.25) is 17.6 Å². The van der Waals surface area contributed by atoms with Crippen LogP contribution in [0.1, 0.15) is 43.0 Å². The van der Waals surface area contributed by atoms with Gasteiger partial charge >= 0.3 is 0 Å². The predicted molar refractivity (Wildman–Crippen MR) is 107 cm³/mol. The lowest BCUT2D eigenvalue weighted by Gasteiger charge is -2.23. The highest BCUT2D eigenvalue weighted by Crippen LogP contribution is 2.35. The third-order valence-corrected chi connectivity index (χ3v) is 5.86. The first-order valence-corrected chi connectivity index (χ1v) is 10.5. The van der Waals surface area contributed by atoms with E-state index in [0.29, 0.717) is 31.2 Å². The Kier molecular flexibility index (Phi) is 5.71. The number of hydrogen-bond donors (Lipinski definition) is 0. The first-order valence-electron chi connectivity index (χ1n) is 9.63. The molecule has 1 atom stereocenters. The molecule has 1 amide bonds. The molecule has 0 saturated carbocycles. The number of benzene rings is 1. The topological polar surface area (TPSA) is 68.5 Å². The summed E-state index contributed by atoms with van der Waals surface area (Å²) >= 11 is 1.72. The lowest BCUT2D eigenvalue weighted by molar-refractivity contribution is -0.132. The van der Waals surface area contributed by atoms with Crippen LogP contribution in [0.5, 0.6) is 5.75 Å². The van der Waals surface area contributed by atoms with Crippen molar-refractivity contribution in [1.82, 2.24) is 15.0 Å². The van der Waals surface area contributed by atoms with Crippen LogP contribution in [-0.2, 0) is 11.2 Å². The molecule has 0 radical (unpaired) electrons. The van der Waals surface area contributed by atoms with Crippen LogP contribution in [-0.4, -0.2) is 34.1 Å². The van der Waals surface area contributed by atoms with Crippen molar-refractivity contribution in [2.45, 2.75) is 38.6 Å². The third-order valence-electron chi connectivity index (χ3n) is 4.89. The molecule has 6 nitrogen and oxygen atoms in total. The van der Waals surface area contributed by atoms with Crippen LogP contribution in [0.3, 0.4) is 0 Å². The summed E-state index contributed by atoms with van der Waals surface area (Å²) in [5.74, 6) is 1.98. The van der Waals surface area contributed by atoms with Gasteiger partial charge in [-0.2, -0.15) is 4.98 Å². The van der Waals surface area contributed by atoms with Gasteiger partial charge in [-0.1, -0.05) is 11.2 Å². The van der Waals surface area contributed by atoms with Gasteiger partial charge in [-0.3, -0.25) is 4.79 Å². The van der Waals surface area contributed by atoms with Crippen LogP contribution in [0.25, 0.3) is 11.4 Å². The fourth-order valence-corrected chi connectivity index (χ4v) is 4.41. The Morgan fingerprint density at radius 2 is 2.18 bits per heavy atom. The smallest absolute Gasteiger partial charge is 0.227 e. The van der Waals surface area contributed by atoms with Crippen molar-refractivity contribution in [2.24, 2.45) is 0 Å². The van der Waals surface area contributed by atoms with Crippen molar-refractivity contribution in [3.8, 4) is 17.1 Å². The molecule has 7 heteroatoms. The van der Waals surface area contributed by atoms with Crippen LogP contribution < -0.4 is 4.74 Å². The van der Waals surface area contributed by atoms with E-state index in [1.807, 2.05) is 42.2 Å². The summed E-state index contributed by atoms with van der Waals surface area (Å²) in [6.45, 7) is 3.40. The minimum atomic E-state index is 0.150. The summed E-state index contributed by atoms with van der Waals surface area (Å²) in [7, 11) is 0. The fourth-order valence-electron chi connectivity index (χ4n) is 3.54. The van der Waals surface area contributed by atoms with E-state index < -0.39 is 0 Å². The number of aromatic nitrogens is 2. The molecule has 3 aromatic rings. The second-order valence-corrected chi connectivity index (χ2v) is 7.71. The Balaban J connectivity index is 1.36. The van der Waals surface area contributed by atoms with Gasteiger partial charge in [0, 0.05) is 29.8 Å². The van der Waals surface area contributed by atoms with Crippen LogP contribution in [0.2, 0.25) is 0 Å². The van der Waals surface area contributed by atoms with Crippen LogP contribution in [0.4, 0.5) is 0 Å². The molecular weight excluding hydrogens is 374 g/mol. The number of carbonyl (C=O) groups is 1. The molecule has 0 spiro atoms. The Morgan fingerprint density at radius 1 is 1.32 bits per heavy atom. The van der Waals surface area contributed by atoms with Gasteiger partial charge in [-0.15, -0.1) is 11.3 Å². The monoisotopic (exact) mass is 397 g/mol. The van der Waals surface area contributed by atoms with Crippen molar-refractivity contribution in [1.29, 1.82) is 0 Å². The maximum atomic E-state index is 12.7. The molecule has 3 heterocycles. The number of ether oxygens (including phenoxy) is 1. The Hall–Kier alpha value is -2.67. The zero-order valence-corrected chi connectivity index (χ0v) is 16.7. The number of hydrogen-bond acceptors (Lipinski definition) is 6. The van der Waals surface area contributed by atoms with Crippen LogP contribution in [0, 0.1) is 0 Å². The summed E-state index contributed by atoms with van der Waals surface area (Å²) in [6.07, 6.45) is 2.93. The van der Waals surface area contributed by atoms with Crippen molar-refractivity contribution < 1.29 is 14.1 Å². The summed E-state index contributed by atoms with van der Waals surface area (Å²) < 4.78 is 10.8. The van der Waals surface area contributed by atoms with Gasteiger partial charge in [0.15, 0.2) is 0 Å². The SMILES string of the molecule is CCOc1ccc(-c2noc(CCC(=O)N3CCCC3c3cccs3)n2)cc1. The van der Waals surface area contributed by atoms with E-state index in [4.69, 9.17) is 9.26 Å². The Labute approximate surface area is 168 Å². The van der Waals surface area contributed by atoms with Crippen molar-refractivity contribution in [2.75, 3.05) is 13.2 Å². The van der Waals surface area contributed by atoms with E-state index in [1.54, 1.807) is 11.3 Å². The molecule has 1 aromatic carbocycles. The van der Waals surface area contributed by atoms with Crippen molar-refractivity contribution in [3.05, 3.63) is 52.5 Å². The molecule has 1 aliphatic rings. The molecule has 0 N–H and O–H groups in total. The molecule has 28 heavy (non-hydrogen) atoms. The van der Waals surface area contributed by atoms with Gasteiger partial charge in [-0.05, 0) is 55.5 Å². The zero-order chi connectivity index (χ0) is 19.3. The molecule has 1 saturated heterocycles. The molecule has 1 fully saturated rings. The lowest BCUT2D eigenvalue weighted by Crippen LogP contribution is -2.30. The zero-order valence-electron chi connectivity index (χ0n) is 15.8.